The Bertz CT molecular complexity index is 1470. The van der Waals surface area contributed by atoms with Gasteiger partial charge in [-0.15, -0.1) is 0 Å². The first-order chi connectivity index (χ1) is 24.9. The zero-order valence-corrected chi connectivity index (χ0v) is 31.0. The molecule has 1 aromatic rings. The quantitative estimate of drug-likeness (QED) is 0.107. The van der Waals surface area contributed by atoms with E-state index in [0.717, 1.165) is 28.5 Å². The average molecular weight is 785 g/mol. The van der Waals surface area contributed by atoms with E-state index in [9.17, 15) is 53.7 Å². The summed E-state index contributed by atoms with van der Waals surface area (Å²) in [6.07, 6.45) is -2.65. The van der Waals surface area contributed by atoms with Crippen molar-refractivity contribution in [2.75, 3.05) is 18.1 Å². The van der Waals surface area contributed by atoms with Gasteiger partial charge in [-0.2, -0.15) is 0 Å². The minimum atomic E-state index is -1.89. The molecule has 0 aliphatic carbocycles. The summed E-state index contributed by atoms with van der Waals surface area (Å²) in [6.45, 7) is 3.63. The van der Waals surface area contributed by atoms with E-state index in [0.29, 0.717) is 5.56 Å². The maximum Gasteiger partial charge on any atom is 0.305 e. The highest BCUT2D eigenvalue weighted by Gasteiger charge is 2.36. The summed E-state index contributed by atoms with van der Waals surface area (Å²) in [5.74, 6) is -8.68. The second-order valence-electron chi connectivity index (χ2n) is 12.7. The third-order valence-corrected chi connectivity index (χ3v) is 10.2. The van der Waals surface area contributed by atoms with Crippen LogP contribution in [0, 0.1) is 5.92 Å². The Morgan fingerprint density at radius 1 is 0.755 bits per heavy atom. The SMILES string of the molecule is CC(C)C[C@H]1NC(=O)[C@H]([C@@H](C)O)NC(=O)[C@@H](CC(=O)O)NC(=O)[C@H](CO)NC(=O)[C@@H](Cc2ccccc2)NC(=O)[C@H](N)CSSC[C@H](C(N)=O)NC1=O. The average Bonchev–Trinajstić information content (AvgIpc) is 3.08. The van der Waals surface area contributed by atoms with Crippen LogP contribution < -0.4 is 43.4 Å². The number of benzene rings is 1. The number of carboxylic acid groups (broad SMARTS) is 1. The first-order valence-electron chi connectivity index (χ1n) is 16.6. The topological polar surface area (TPSA) is 321 Å². The first-order valence-corrected chi connectivity index (χ1v) is 19.1. The summed E-state index contributed by atoms with van der Waals surface area (Å²) >= 11 is 0. The van der Waals surface area contributed by atoms with Gasteiger partial charge in [0, 0.05) is 17.9 Å². The normalized spacial score (nSPS) is 26.9. The number of nitrogens with two attached hydrogens (primary N) is 2. The van der Waals surface area contributed by atoms with Crippen LogP contribution in [0.1, 0.15) is 39.2 Å². The molecule has 1 aromatic carbocycles. The number of rotatable bonds is 9. The maximum atomic E-state index is 13.5. The molecular weight excluding hydrogens is 737 g/mol. The van der Waals surface area contributed by atoms with E-state index in [2.05, 4.69) is 31.9 Å². The van der Waals surface area contributed by atoms with Gasteiger partial charge in [-0.3, -0.25) is 38.4 Å². The fourth-order valence-corrected chi connectivity index (χ4v) is 7.16. The van der Waals surface area contributed by atoms with Crippen molar-refractivity contribution >= 4 is 68.9 Å². The van der Waals surface area contributed by atoms with E-state index < -0.39 is 109 Å². The Morgan fingerprint density at radius 2 is 1.28 bits per heavy atom. The van der Waals surface area contributed by atoms with Crippen LogP contribution in [0.3, 0.4) is 0 Å². The minimum Gasteiger partial charge on any atom is -0.481 e. The lowest BCUT2D eigenvalue weighted by atomic mass is 10.0. The number of carboxylic acids is 1. The van der Waals surface area contributed by atoms with E-state index in [1.54, 1.807) is 44.2 Å². The van der Waals surface area contributed by atoms with Crippen molar-refractivity contribution in [3.05, 3.63) is 35.9 Å². The van der Waals surface area contributed by atoms with Crippen LogP contribution in [0.2, 0.25) is 0 Å². The van der Waals surface area contributed by atoms with Crippen molar-refractivity contribution in [2.24, 2.45) is 17.4 Å². The molecule has 0 radical (unpaired) electrons. The van der Waals surface area contributed by atoms with E-state index >= 15 is 0 Å². The van der Waals surface area contributed by atoms with Gasteiger partial charge >= 0.3 is 5.97 Å². The molecule has 13 N–H and O–H groups in total. The highest BCUT2D eigenvalue weighted by molar-refractivity contribution is 8.76. The molecule has 19 nitrogen and oxygen atoms in total. The first kappa shape index (κ1) is 44.7. The number of primary amides is 1. The van der Waals surface area contributed by atoms with Gasteiger partial charge in [0.25, 0.3) is 0 Å². The Kier molecular flexibility index (Phi) is 18.5. The highest BCUT2D eigenvalue weighted by atomic mass is 33.1. The third kappa shape index (κ3) is 15.2. The highest BCUT2D eigenvalue weighted by Crippen LogP contribution is 2.23. The van der Waals surface area contributed by atoms with Crippen LogP contribution in [0.5, 0.6) is 0 Å². The molecule has 1 heterocycles. The van der Waals surface area contributed by atoms with E-state index in [1.165, 1.54) is 0 Å². The van der Waals surface area contributed by atoms with Crippen molar-refractivity contribution in [3.63, 3.8) is 0 Å². The molecule has 53 heavy (non-hydrogen) atoms. The van der Waals surface area contributed by atoms with Crippen molar-refractivity contribution in [3.8, 4) is 0 Å². The van der Waals surface area contributed by atoms with Gasteiger partial charge < -0.3 is 58.7 Å². The summed E-state index contributed by atoms with van der Waals surface area (Å²) in [4.78, 5) is 104. The Labute approximate surface area is 313 Å². The molecule has 1 aliphatic rings. The van der Waals surface area contributed by atoms with Gasteiger partial charge in [0.15, 0.2) is 0 Å². The molecule has 0 bridgehead atoms. The molecule has 7 amide bonds. The van der Waals surface area contributed by atoms with Gasteiger partial charge in [-0.05, 0) is 24.8 Å². The fourth-order valence-electron chi connectivity index (χ4n) is 4.86. The lowest BCUT2D eigenvalue weighted by Gasteiger charge is -2.28. The zero-order chi connectivity index (χ0) is 39.8. The number of aliphatic hydroxyl groups excluding tert-OH is 2. The smallest absolute Gasteiger partial charge is 0.305 e. The van der Waals surface area contributed by atoms with Gasteiger partial charge in [-0.25, -0.2) is 0 Å². The number of nitrogens with one attached hydrogen (secondary N) is 6. The minimum absolute atomic E-state index is 0.0178. The van der Waals surface area contributed by atoms with Crippen molar-refractivity contribution in [1.29, 1.82) is 0 Å². The molecule has 1 aliphatic heterocycles. The van der Waals surface area contributed by atoms with Gasteiger partial charge in [0.05, 0.1) is 25.2 Å². The van der Waals surface area contributed by atoms with Gasteiger partial charge in [-0.1, -0.05) is 65.8 Å². The Balaban J connectivity index is 2.52. The van der Waals surface area contributed by atoms with Crippen LogP contribution in [0.15, 0.2) is 30.3 Å². The molecule has 2 rings (SSSR count). The molecule has 8 atom stereocenters. The predicted octanol–water partition coefficient (Wildman–Crippen LogP) is -3.76. The standard InChI is InChI=1S/C32H48N8O11S2/c1-15(2)9-19-28(47)39-23(26(34)45)14-53-52-13-18(33)27(46)35-20(10-17-7-5-4-6-8-17)29(48)38-22(12-41)31(50)36-21(11-24(43)44)30(49)40-25(16(3)42)32(51)37-19/h4-8,15-16,18-23,25,41-42H,9-14,33H2,1-3H3,(H2,34,45)(H,35,46)(H,36,50)(H,37,51)(H,38,48)(H,39,47)(H,40,49)(H,43,44)/t16-,18-,19-,20-,21-,22+,23-,25+/m1/s1. The fraction of sp³-hybridized carbons (Fsp3) is 0.562. The number of aliphatic carboxylic acids is 1. The predicted molar refractivity (Wildman–Crippen MR) is 194 cm³/mol. The number of hydrogen-bond acceptors (Lipinski definition) is 13. The summed E-state index contributed by atoms with van der Waals surface area (Å²) in [7, 11) is 2.15. The van der Waals surface area contributed by atoms with Crippen molar-refractivity contribution in [1.82, 2.24) is 31.9 Å². The monoisotopic (exact) mass is 784 g/mol. The van der Waals surface area contributed by atoms with Gasteiger partial charge in [0.2, 0.25) is 41.4 Å². The van der Waals surface area contributed by atoms with Crippen LogP contribution >= 0.6 is 21.6 Å². The van der Waals surface area contributed by atoms with Crippen molar-refractivity contribution < 1.29 is 53.7 Å². The van der Waals surface area contributed by atoms with Crippen LogP contribution in [0.25, 0.3) is 0 Å². The second kappa shape index (κ2) is 21.9. The molecule has 0 saturated carbocycles. The number of carbonyl (C=O) groups excluding carboxylic acids is 7. The summed E-state index contributed by atoms with van der Waals surface area (Å²) < 4.78 is 0. The van der Waals surface area contributed by atoms with Crippen LogP contribution in [-0.4, -0.2) is 129 Å². The van der Waals surface area contributed by atoms with Crippen LogP contribution in [0.4, 0.5) is 0 Å². The van der Waals surface area contributed by atoms with Crippen molar-refractivity contribution in [2.45, 2.75) is 88.4 Å². The molecule has 1 saturated heterocycles. The number of aliphatic hydroxyl groups is 2. The summed E-state index contributed by atoms with van der Waals surface area (Å²) in [5, 5.41) is 44.0. The molecule has 294 valence electrons. The molecule has 1 fully saturated rings. The molecule has 21 heteroatoms. The Morgan fingerprint density at radius 3 is 1.85 bits per heavy atom. The zero-order valence-electron chi connectivity index (χ0n) is 29.4. The van der Waals surface area contributed by atoms with E-state index in [-0.39, 0.29) is 30.3 Å². The van der Waals surface area contributed by atoms with Crippen LogP contribution in [-0.2, 0) is 44.8 Å². The van der Waals surface area contributed by atoms with Gasteiger partial charge in [0.1, 0.15) is 36.3 Å². The van der Waals surface area contributed by atoms with E-state index in [1.807, 2.05) is 0 Å². The second-order valence-corrected chi connectivity index (χ2v) is 15.3. The Hall–Kier alpha value is -4.44. The molecule has 0 aromatic heterocycles. The number of amides is 7. The molecule has 0 unspecified atom stereocenters. The summed E-state index contributed by atoms with van der Waals surface area (Å²) in [5.41, 5.74) is 12.2. The van der Waals surface area contributed by atoms with E-state index in [4.69, 9.17) is 11.5 Å². The number of carbonyl (C=O) groups is 8. The maximum absolute atomic E-state index is 13.5. The molecular formula is C32H48N8O11S2. The largest absolute Gasteiger partial charge is 0.481 e. The third-order valence-electron chi connectivity index (χ3n) is 7.71. The lowest BCUT2D eigenvalue weighted by Crippen LogP contribution is -2.62. The molecule has 0 spiro atoms. The summed E-state index contributed by atoms with van der Waals surface area (Å²) in [6, 6.07) is -1.93. The number of hydrogen-bond donors (Lipinski definition) is 11. The lowest BCUT2D eigenvalue weighted by molar-refractivity contribution is -0.142.